The van der Waals surface area contributed by atoms with Crippen molar-refractivity contribution in [2.24, 2.45) is 0 Å². The third-order valence-corrected chi connectivity index (χ3v) is 3.75. The molecule has 26 heavy (non-hydrogen) atoms. The number of hydrogen-bond acceptors (Lipinski definition) is 8. The zero-order chi connectivity index (χ0) is 18.8. The van der Waals surface area contributed by atoms with Gasteiger partial charge in [-0.25, -0.2) is 14.8 Å². The van der Waals surface area contributed by atoms with Gasteiger partial charge in [-0.2, -0.15) is 0 Å². The van der Waals surface area contributed by atoms with Gasteiger partial charge in [0.15, 0.2) is 17.1 Å². The number of nitrogens with one attached hydrogen (secondary N) is 1. The fourth-order valence-electron chi connectivity index (χ4n) is 2.63. The number of ether oxygens (including phenoxy) is 4. The molecular weight excluding hydrogens is 342 g/mol. The van der Waals surface area contributed by atoms with Crippen LogP contribution in [-0.4, -0.2) is 48.9 Å². The van der Waals surface area contributed by atoms with Crippen LogP contribution in [0.15, 0.2) is 16.9 Å². The first kappa shape index (κ1) is 17.5. The zero-order valence-electron chi connectivity index (χ0n) is 14.7. The van der Waals surface area contributed by atoms with E-state index >= 15 is 0 Å². The Bertz CT molecular complexity index is 1060. The lowest BCUT2D eigenvalue weighted by molar-refractivity contribution is 0.0512. The summed E-state index contributed by atoms with van der Waals surface area (Å²) in [6.07, 6.45) is 0. The molecule has 0 aliphatic carbocycles. The normalized spacial score (nSPS) is 10.8. The molecule has 0 saturated heterocycles. The third kappa shape index (κ3) is 2.77. The maximum Gasteiger partial charge on any atom is 0.374 e. The summed E-state index contributed by atoms with van der Waals surface area (Å²) in [5.41, 5.74) is 0.0154. The average molecular weight is 359 g/mol. The SMILES string of the molecule is CCOC(=O)c1nc2nc3c(OC)c(OC)c(OC)cc3cc2c(=O)[nH]1. The third-order valence-electron chi connectivity index (χ3n) is 3.75. The van der Waals surface area contributed by atoms with Gasteiger partial charge in [-0.1, -0.05) is 0 Å². The van der Waals surface area contributed by atoms with Crippen LogP contribution in [0, 0.1) is 0 Å². The second-order valence-electron chi connectivity index (χ2n) is 5.21. The minimum Gasteiger partial charge on any atom is -0.493 e. The van der Waals surface area contributed by atoms with E-state index in [0.29, 0.717) is 28.2 Å². The van der Waals surface area contributed by atoms with Crippen molar-refractivity contribution in [1.82, 2.24) is 15.0 Å². The quantitative estimate of drug-likeness (QED) is 0.541. The van der Waals surface area contributed by atoms with Crippen molar-refractivity contribution in [1.29, 1.82) is 0 Å². The van der Waals surface area contributed by atoms with Crippen LogP contribution >= 0.6 is 0 Å². The lowest BCUT2D eigenvalue weighted by Crippen LogP contribution is -2.18. The molecule has 0 fully saturated rings. The van der Waals surface area contributed by atoms with Gasteiger partial charge in [0, 0.05) is 5.39 Å². The molecule has 1 N–H and O–H groups in total. The molecule has 0 radical (unpaired) electrons. The molecule has 9 nitrogen and oxygen atoms in total. The van der Waals surface area contributed by atoms with Gasteiger partial charge >= 0.3 is 5.97 Å². The Kier molecular flexibility index (Phi) is 4.61. The largest absolute Gasteiger partial charge is 0.493 e. The predicted octanol–water partition coefficient (Wildman–Crippen LogP) is 1.67. The Balaban J connectivity index is 2.36. The van der Waals surface area contributed by atoms with Gasteiger partial charge in [0.1, 0.15) is 5.52 Å². The number of nitrogens with zero attached hydrogens (tertiary/aromatic N) is 2. The smallest absolute Gasteiger partial charge is 0.374 e. The lowest BCUT2D eigenvalue weighted by atomic mass is 10.1. The van der Waals surface area contributed by atoms with Crippen LogP contribution in [0.5, 0.6) is 17.2 Å². The maximum absolute atomic E-state index is 12.4. The summed E-state index contributed by atoms with van der Waals surface area (Å²) in [4.78, 5) is 35.1. The number of aromatic amines is 1. The van der Waals surface area contributed by atoms with Gasteiger partial charge in [-0.15, -0.1) is 0 Å². The minimum atomic E-state index is -0.729. The predicted molar refractivity (Wildman–Crippen MR) is 93.3 cm³/mol. The number of hydrogen-bond donors (Lipinski definition) is 1. The highest BCUT2D eigenvalue weighted by atomic mass is 16.5. The molecule has 0 amide bonds. The van der Waals surface area contributed by atoms with Gasteiger partial charge in [-0.05, 0) is 19.1 Å². The molecule has 3 aromatic rings. The second-order valence-corrected chi connectivity index (χ2v) is 5.21. The number of H-pyrrole nitrogens is 1. The number of carbonyl (C=O) groups is 1. The van der Waals surface area contributed by atoms with Crippen molar-refractivity contribution in [3.05, 3.63) is 28.3 Å². The number of esters is 1. The van der Waals surface area contributed by atoms with Crippen LogP contribution in [0.2, 0.25) is 0 Å². The molecule has 0 aliphatic rings. The molecule has 2 aromatic heterocycles. The Hall–Kier alpha value is -3.36. The molecule has 0 aliphatic heterocycles. The van der Waals surface area contributed by atoms with E-state index in [0.717, 1.165) is 0 Å². The van der Waals surface area contributed by atoms with Gasteiger partial charge in [0.2, 0.25) is 11.6 Å². The number of benzene rings is 1. The number of aromatic nitrogens is 3. The molecule has 0 unspecified atom stereocenters. The van der Waals surface area contributed by atoms with Crippen molar-refractivity contribution in [3.8, 4) is 17.2 Å². The van der Waals surface area contributed by atoms with E-state index in [1.807, 2.05) is 0 Å². The Morgan fingerprint density at radius 2 is 1.81 bits per heavy atom. The van der Waals surface area contributed by atoms with Gasteiger partial charge in [0.05, 0.1) is 33.3 Å². The highest BCUT2D eigenvalue weighted by molar-refractivity contribution is 5.97. The zero-order valence-corrected chi connectivity index (χ0v) is 14.7. The molecule has 0 spiro atoms. The summed E-state index contributed by atoms with van der Waals surface area (Å²) in [5.74, 6) is 0.196. The maximum atomic E-state index is 12.4. The number of rotatable bonds is 5. The van der Waals surface area contributed by atoms with E-state index < -0.39 is 11.5 Å². The first-order valence-electron chi connectivity index (χ1n) is 7.74. The summed E-state index contributed by atoms with van der Waals surface area (Å²) in [6.45, 7) is 1.82. The molecule has 3 rings (SSSR count). The van der Waals surface area contributed by atoms with Gasteiger partial charge in [0.25, 0.3) is 5.56 Å². The summed E-state index contributed by atoms with van der Waals surface area (Å²) in [5, 5.41) is 0.822. The van der Waals surface area contributed by atoms with Crippen molar-refractivity contribution in [3.63, 3.8) is 0 Å². The van der Waals surface area contributed by atoms with Crippen LogP contribution < -0.4 is 19.8 Å². The summed E-state index contributed by atoms with van der Waals surface area (Å²) < 4.78 is 20.9. The Labute approximate surface area is 147 Å². The fourth-order valence-corrected chi connectivity index (χ4v) is 2.63. The summed E-state index contributed by atoms with van der Waals surface area (Å²) >= 11 is 0. The topological polar surface area (TPSA) is 113 Å². The molecular formula is C17H17N3O6. The number of fused-ring (bicyclic) bond motifs is 2. The molecule has 0 atom stereocenters. The van der Waals surface area contributed by atoms with Crippen molar-refractivity contribution < 1.29 is 23.7 Å². The van der Waals surface area contributed by atoms with E-state index in [1.54, 1.807) is 19.1 Å². The van der Waals surface area contributed by atoms with E-state index in [1.165, 1.54) is 21.3 Å². The fraction of sp³-hybridized carbons (Fsp3) is 0.294. The van der Waals surface area contributed by atoms with Crippen molar-refractivity contribution >= 4 is 27.9 Å². The first-order valence-corrected chi connectivity index (χ1v) is 7.74. The highest BCUT2D eigenvalue weighted by Crippen LogP contribution is 2.42. The molecule has 136 valence electrons. The van der Waals surface area contributed by atoms with Crippen LogP contribution in [0.4, 0.5) is 0 Å². The Morgan fingerprint density at radius 1 is 1.08 bits per heavy atom. The molecule has 1 aromatic carbocycles. The number of carbonyl (C=O) groups excluding carboxylic acids is 1. The van der Waals surface area contributed by atoms with Gasteiger partial charge in [-0.3, -0.25) is 4.79 Å². The number of pyridine rings is 1. The van der Waals surface area contributed by atoms with E-state index in [4.69, 9.17) is 18.9 Å². The molecule has 0 bridgehead atoms. The Morgan fingerprint density at radius 3 is 2.42 bits per heavy atom. The average Bonchev–Trinajstić information content (AvgIpc) is 2.65. The molecule has 9 heteroatoms. The minimum absolute atomic E-state index is 0.0924. The van der Waals surface area contributed by atoms with Crippen LogP contribution in [-0.2, 0) is 4.74 Å². The van der Waals surface area contributed by atoms with Crippen molar-refractivity contribution in [2.75, 3.05) is 27.9 Å². The second kappa shape index (κ2) is 6.87. The van der Waals surface area contributed by atoms with E-state index in [-0.39, 0.29) is 23.5 Å². The van der Waals surface area contributed by atoms with Crippen LogP contribution in [0.3, 0.4) is 0 Å². The summed E-state index contributed by atoms with van der Waals surface area (Å²) in [7, 11) is 4.45. The van der Waals surface area contributed by atoms with Crippen molar-refractivity contribution in [2.45, 2.75) is 6.92 Å². The summed E-state index contributed by atoms with van der Waals surface area (Å²) in [6, 6.07) is 3.28. The monoisotopic (exact) mass is 359 g/mol. The molecule has 0 saturated carbocycles. The number of methoxy groups -OCH3 is 3. The van der Waals surface area contributed by atoms with Gasteiger partial charge < -0.3 is 23.9 Å². The first-order chi connectivity index (χ1) is 12.5. The molecule has 2 heterocycles. The van der Waals surface area contributed by atoms with Crippen LogP contribution in [0.25, 0.3) is 21.9 Å². The highest BCUT2D eigenvalue weighted by Gasteiger charge is 2.20. The van der Waals surface area contributed by atoms with E-state index in [9.17, 15) is 9.59 Å². The van der Waals surface area contributed by atoms with Crippen LogP contribution in [0.1, 0.15) is 17.5 Å². The lowest BCUT2D eigenvalue weighted by Gasteiger charge is -2.14. The van der Waals surface area contributed by atoms with E-state index in [2.05, 4.69) is 15.0 Å². The standard InChI is InChI=1S/C17H17N3O6/c1-5-26-17(22)15-19-14-9(16(21)20-15)6-8-7-10(23-2)12(24-3)13(25-4)11(8)18-14/h6-7H,5H2,1-4H3,(H,18,19,20,21).